The molecule has 4 N–H and O–H groups in total. The van der Waals surface area contributed by atoms with Gasteiger partial charge >= 0.3 is 18.2 Å². The zero-order valence-electron chi connectivity index (χ0n) is 41.0. The number of rotatable bonds is 8. The number of nitrogens with one attached hydrogen (secondary N) is 2. The second-order valence-electron chi connectivity index (χ2n) is 19.1. The van der Waals surface area contributed by atoms with Crippen LogP contribution in [-0.2, 0) is 52.3 Å². The van der Waals surface area contributed by atoms with Gasteiger partial charge in [-0.05, 0) is 92.0 Å². The molecule has 3 aliphatic heterocycles. The number of alkyl carbamates (subject to hydrolysis) is 2. The Kier molecular flexibility index (Phi) is 27.1. The van der Waals surface area contributed by atoms with Gasteiger partial charge in [-0.2, -0.15) is 0 Å². The molecule has 3 rings (SSSR count). The van der Waals surface area contributed by atoms with Gasteiger partial charge in [-0.3, -0.25) is 29.8 Å². The molecule has 0 spiro atoms. The van der Waals surface area contributed by atoms with E-state index in [2.05, 4.69) is 0 Å². The number of amides is 4. The number of ether oxygens (including phenoxy) is 7. The van der Waals surface area contributed by atoms with Crippen molar-refractivity contribution in [1.29, 1.82) is 0 Å². The van der Waals surface area contributed by atoms with Crippen LogP contribution in [0.15, 0.2) is 11.6 Å². The van der Waals surface area contributed by atoms with Crippen molar-refractivity contribution in [3.05, 3.63) is 11.6 Å². The number of aliphatic hydroxyl groups excluding tert-OH is 2. The average molecular weight is 1530 g/mol. The molecule has 26 heteroatoms. The molecule has 0 bridgehead atoms. The molecule has 3 heterocycles. The molecule has 4 amide bonds. The van der Waals surface area contributed by atoms with Gasteiger partial charge < -0.3 is 48.3 Å². The number of carbonyl (C=O) groups is 6. The van der Waals surface area contributed by atoms with Gasteiger partial charge in [0, 0.05) is 112 Å². The third-order valence-electron chi connectivity index (χ3n) is 12.5. The van der Waals surface area contributed by atoms with E-state index in [9.17, 15) is 39.0 Å². The number of ketones is 1. The summed E-state index contributed by atoms with van der Waals surface area (Å²) < 4.78 is 38.7. The van der Waals surface area contributed by atoms with Crippen LogP contribution in [0.4, 0.5) is 9.59 Å². The second kappa shape index (κ2) is 27.4. The van der Waals surface area contributed by atoms with Gasteiger partial charge in [0.05, 0.1) is 30.3 Å². The SMILES string of the molecule is CC[C@H]1OC(=O)[C@H](C)[C@@H](O[C@H]2CC(C)(C)[C@@H](O)[C@H](C)O2)[C@H](C)[C@@H](O[C@@H]2O[C@H](C)C[C@H](N(C)C)[C@H]2O)[C@](C)(OC(=O)NC(=O)C(Cl)(Cl)Cl)C[C@@H](C)C(=O)/C(C)=C/[C@]1(C)OC(=O)NC(=O)C(Cl)(Cl)Cl.[Ac].[Ac]. The molecular formula is C43H65Ac2Cl6N3O15. The standard InChI is InChI=1S/C43H65Cl6N3O15.2Ac/c1-14-26-40(10,66-37(59)50-35(57)42(44,45)46)16-19(2)28(53)20(3)17-41(11,67-38(60)51-36(58)43(47,48)49)32(65-34-29(54)25(52(12)13)15-21(4)61-34)22(5)30(23(6)33(56)63-26)64-27-18-39(8,9)31(55)24(7)62-27;;/h16,20-27,29-32,34,54-55H,14-15,17-18H2,1-13H3,(H,50,57,59)(H,51,58,60);;/b19-16+;;/t20-,21-,22+,23-,24+,25+,26-,27+,29-,30+,31+,32-,34+,40+,41-;;/m1../s1. The van der Waals surface area contributed by atoms with Crippen LogP contribution in [-0.4, -0.2) is 145 Å². The molecule has 0 aromatic rings. The molecule has 0 aliphatic carbocycles. The van der Waals surface area contributed by atoms with Crippen LogP contribution in [0.5, 0.6) is 0 Å². The van der Waals surface area contributed by atoms with Gasteiger partial charge in [0.15, 0.2) is 24.0 Å². The Hall–Kier alpha value is 1.10. The minimum Gasteiger partial charge on any atom is -0.457 e. The summed E-state index contributed by atoms with van der Waals surface area (Å²) in [5, 5.41) is 26.5. The molecule has 2 fully saturated rings. The fourth-order valence-corrected chi connectivity index (χ4v) is 9.35. The predicted octanol–water partition coefficient (Wildman–Crippen LogP) is 6.62. The number of likely N-dealkylation sites (N-methyl/N-ethyl adjacent to an activating group) is 1. The number of hydrogen-bond donors (Lipinski definition) is 4. The number of aliphatic hydroxyl groups is 2. The number of alkyl halides is 6. The summed E-state index contributed by atoms with van der Waals surface area (Å²) in [6.07, 6.45) is -11.6. The number of hydrogen-bond acceptors (Lipinski definition) is 16. The maximum absolute atomic E-state index is 14.7. The van der Waals surface area contributed by atoms with E-state index >= 15 is 0 Å². The van der Waals surface area contributed by atoms with Gasteiger partial charge in [0.25, 0.3) is 19.4 Å². The van der Waals surface area contributed by atoms with Crippen molar-refractivity contribution in [2.75, 3.05) is 14.1 Å². The van der Waals surface area contributed by atoms with E-state index in [0.717, 1.165) is 0 Å². The van der Waals surface area contributed by atoms with Crippen molar-refractivity contribution in [3.8, 4) is 0 Å². The van der Waals surface area contributed by atoms with Crippen molar-refractivity contribution in [3.63, 3.8) is 0 Å². The fourth-order valence-electron chi connectivity index (χ4n) is 9.07. The molecule has 0 unspecified atom stereocenters. The van der Waals surface area contributed by atoms with E-state index in [4.69, 9.17) is 103 Å². The van der Waals surface area contributed by atoms with Gasteiger partial charge in [-0.1, -0.05) is 104 Å². The fraction of sp³-hybridized carbons (Fsp3) is 0.814. The first-order chi connectivity index (χ1) is 30.5. The topological polar surface area (TPSA) is 235 Å². The van der Waals surface area contributed by atoms with Gasteiger partial charge in [-0.25, -0.2) is 9.59 Å². The first-order valence-electron chi connectivity index (χ1n) is 21.8. The normalized spacial score (nSPS) is 36.7. The summed E-state index contributed by atoms with van der Waals surface area (Å²) in [4.78, 5) is 83.5. The van der Waals surface area contributed by atoms with Crippen molar-refractivity contribution >= 4 is 105 Å². The van der Waals surface area contributed by atoms with Crippen molar-refractivity contribution in [2.24, 2.45) is 23.2 Å². The Morgan fingerprint density at radius 3 is 1.84 bits per heavy atom. The average Bonchev–Trinajstić information content (AvgIpc) is 3.18. The molecule has 390 valence electrons. The van der Waals surface area contributed by atoms with Gasteiger partial charge in [0.1, 0.15) is 23.9 Å². The number of nitrogens with zero attached hydrogens (tertiary/aromatic N) is 1. The quantitative estimate of drug-likeness (QED) is 0.114. The zero-order valence-corrected chi connectivity index (χ0v) is 55.0. The first kappa shape index (κ1) is 68.1. The molecule has 2 radical (unpaired) electrons. The van der Waals surface area contributed by atoms with Crippen molar-refractivity contribution in [2.45, 2.75) is 182 Å². The van der Waals surface area contributed by atoms with Crippen LogP contribution >= 0.6 is 69.6 Å². The summed E-state index contributed by atoms with van der Waals surface area (Å²) in [6, 6.07) is -0.495. The Bertz CT molecular complexity index is 1860. The third kappa shape index (κ3) is 18.4. The molecule has 3 aliphatic rings. The molecule has 0 saturated carbocycles. The number of halogens is 6. The maximum Gasteiger partial charge on any atom is 0.414 e. The molecule has 18 nitrogen and oxygen atoms in total. The number of cyclic esters (lactones) is 1. The summed E-state index contributed by atoms with van der Waals surface area (Å²) in [6.45, 7) is 17.5. The van der Waals surface area contributed by atoms with E-state index in [1.165, 1.54) is 40.7 Å². The summed E-state index contributed by atoms with van der Waals surface area (Å²) in [5.41, 5.74) is -4.84. The maximum atomic E-state index is 14.7. The molecule has 0 aromatic heterocycles. The zero-order chi connectivity index (χ0) is 51.5. The summed E-state index contributed by atoms with van der Waals surface area (Å²) >= 11 is 34.4. The van der Waals surface area contributed by atoms with E-state index < -0.39 is 145 Å². The molecule has 69 heavy (non-hydrogen) atoms. The smallest absolute Gasteiger partial charge is 0.414 e. The Morgan fingerprint density at radius 2 is 1.36 bits per heavy atom. The minimum atomic E-state index is -2.61. The summed E-state index contributed by atoms with van der Waals surface area (Å²) in [5.74, 6) is -7.80. The summed E-state index contributed by atoms with van der Waals surface area (Å²) in [7, 11) is 3.54. The Labute approximate surface area is 506 Å². The van der Waals surface area contributed by atoms with Crippen LogP contribution in [0.25, 0.3) is 0 Å². The molecule has 2 saturated heterocycles. The monoisotopic (exact) mass is 1530 g/mol. The molecular weight excluding hydrogens is 1470 g/mol. The van der Waals surface area contributed by atoms with Gasteiger partial charge in [-0.15, -0.1) is 0 Å². The van der Waals surface area contributed by atoms with Crippen LogP contribution < -0.4 is 10.6 Å². The second-order valence-corrected chi connectivity index (χ2v) is 23.7. The van der Waals surface area contributed by atoms with Crippen LogP contribution in [0.1, 0.15) is 102 Å². The van der Waals surface area contributed by atoms with Crippen molar-refractivity contribution in [1.82, 2.24) is 15.5 Å². The van der Waals surface area contributed by atoms with E-state index in [1.54, 1.807) is 46.7 Å². The van der Waals surface area contributed by atoms with E-state index in [0.29, 0.717) is 6.42 Å². The van der Waals surface area contributed by atoms with Crippen LogP contribution in [0, 0.1) is 111 Å². The van der Waals surface area contributed by atoms with E-state index in [1.807, 2.05) is 24.5 Å². The number of allylic oxidation sites excluding steroid dienone is 1. The van der Waals surface area contributed by atoms with Crippen LogP contribution in [0.3, 0.4) is 0 Å². The Morgan fingerprint density at radius 1 is 0.841 bits per heavy atom. The predicted molar refractivity (Wildman–Crippen MR) is 249 cm³/mol. The van der Waals surface area contributed by atoms with Crippen LogP contribution in [0.2, 0.25) is 0 Å². The molecule has 15 atom stereocenters. The van der Waals surface area contributed by atoms with Crippen molar-refractivity contribution < 1.29 is 160 Å². The number of carbonyl (C=O) groups excluding carboxylic acids is 6. The third-order valence-corrected chi connectivity index (χ3v) is 13.6. The number of esters is 1. The van der Waals surface area contributed by atoms with E-state index in [-0.39, 0.29) is 107 Å². The number of Topliss-reactive ketones (excluding diaryl/α,β-unsaturated/α-hetero) is 1. The first-order valence-corrected chi connectivity index (χ1v) is 24.1. The van der Waals surface area contributed by atoms with Gasteiger partial charge in [0.2, 0.25) is 0 Å². The molecule has 0 aromatic carbocycles. The minimum absolute atomic E-state index is 0. The Balaban J connectivity index is 0.0000119. The number of imide groups is 2. The largest absolute Gasteiger partial charge is 0.457 e.